The third-order valence-corrected chi connectivity index (χ3v) is 2.67. The highest BCUT2D eigenvalue weighted by Crippen LogP contribution is 2.25. The fourth-order valence-corrected chi connectivity index (χ4v) is 2.02. The number of fused-ring (bicyclic) bond motifs is 1. The van der Waals surface area contributed by atoms with Crippen molar-refractivity contribution >= 4 is 6.08 Å². The average molecular weight is 158 g/mol. The van der Waals surface area contributed by atoms with Gasteiger partial charge in [-0.1, -0.05) is 31.2 Å². The summed E-state index contributed by atoms with van der Waals surface area (Å²) in [5.74, 6) is 0. The lowest BCUT2D eigenvalue weighted by molar-refractivity contribution is 1.06. The molecule has 0 amide bonds. The number of aryl methyl sites for hydroxylation is 1. The molecule has 0 fully saturated rings. The Morgan fingerprint density at radius 2 is 2.17 bits per heavy atom. The predicted octanol–water partition coefficient (Wildman–Crippen LogP) is 3.13. The van der Waals surface area contributed by atoms with E-state index in [2.05, 4.69) is 38.1 Å². The van der Waals surface area contributed by atoms with Gasteiger partial charge in [0.1, 0.15) is 0 Å². The van der Waals surface area contributed by atoms with Gasteiger partial charge in [0.15, 0.2) is 0 Å². The second-order valence-corrected chi connectivity index (χ2v) is 3.39. The minimum absolute atomic E-state index is 1.14. The zero-order chi connectivity index (χ0) is 8.55. The molecule has 0 N–H and O–H groups in total. The molecule has 0 heterocycles. The van der Waals surface area contributed by atoms with Gasteiger partial charge in [0, 0.05) is 0 Å². The van der Waals surface area contributed by atoms with Gasteiger partial charge in [0.25, 0.3) is 0 Å². The quantitative estimate of drug-likeness (QED) is 0.589. The maximum Gasteiger partial charge on any atom is -0.00853 e. The normalized spacial score (nSPS) is 13.5. The smallest absolute Gasteiger partial charge is 0.00853 e. The summed E-state index contributed by atoms with van der Waals surface area (Å²) in [6.07, 6.45) is 6.79. The molecule has 0 saturated heterocycles. The molecule has 1 aliphatic rings. The predicted molar refractivity (Wildman–Crippen MR) is 53.3 cm³/mol. The summed E-state index contributed by atoms with van der Waals surface area (Å²) in [4.78, 5) is 0. The van der Waals surface area contributed by atoms with Crippen LogP contribution in [0.25, 0.3) is 6.08 Å². The first-order chi connectivity index (χ1) is 5.83. The van der Waals surface area contributed by atoms with Crippen LogP contribution in [0.5, 0.6) is 0 Å². The topological polar surface area (TPSA) is 0 Å². The highest BCUT2D eigenvalue weighted by atomic mass is 14.1. The Balaban J connectivity index is 2.61. The van der Waals surface area contributed by atoms with Crippen molar-refractivity contribution < 1.29 is 0 Å². The maximum absolute atomic E-state index is 2.25. The van der Waals surface area contributed by atoms with Crippen LogP contribution in [0.2, 0.25) is 0 Å². The van der Waals surface area contributed by atoms with Crippen LogP contribution in [0, 0.1) is 6.92 Å². The lowest BCUT2D eigenvalue weighted by Gasteiger charge is -2.09. The van der Waals surface area contributed by atoms with Gasteiger partial charge in [-0.2, -0.15) is 0 Å². The highest BCUT2D eigenvalue weighted by molar-refractivity contribution is 5.63. The number of benzene rings is 1. The summed E-state index contributed by atoms with van der Waals surface area (Å²) < 4.78 is 0. The number of allylic oxidation sites excluding steroid dienone is 1. The van der Waals surface area contributed by atoms with Gasteiger partial charge in [-0.3, -0.25) is 0 Å². The van der Waals surface area contributed by atoms with Crippen LogP contribution < -0.4 is 0 Å². The highest BCUT2D eigenvalue weighted by Gasteiger charge is 2.10. The first kappa shape index (κ1) is 7.60. The molecular weight excluding hydrogens is 144 g/mol. The summed E-state index contributed by atoms with van der Waals surface area (Å²) in [5.41, 5.74) is 5.98. The van der Waals surface area contributed by atoms with Crippen LogP contribution in [0.15, 0.2) is 18.2 Å². The van der Waals surface area contributed by atoms with E-state index >= 15 is 0 Å². The number of hydrogen-bond donors (Lipinski definition) is 0. The summed E-state index contributed by atoms with van der Waals surface area (Å²) >= 11 is 0. The van der Waals surface area contributed by atoms with E-state index < -0.39 is 0 Å². The first-order valence-electron chi connectivity index (χ1n) is 4.61. The van der Waals surface area contributed by atoms with Gasteiger partial charge >= 0.3 is 0 Å². The number of rotatable bonds is 1. The summed E-state index contributed by atoms with van der Waals surface area (Å²) in [6, 6.07) is 4.46. The molecule has 1 aliphatic carbocycles. The monoisotopic (exact) mass is 158 g/mol. The van der Waals surface area contributed by atoms with Gasteiger partial charge < -0.3 is 0 Å². The molecule has 12 heavy (non-hydrogen) atoms. The van der Waals surface area contributed by atoms with Gasteiger partial charge in [-0.05, 0) is 42.0 Å². The van der Waals surface area contributed by atoms with Gasteiger partial charge in [-0.15, -0.1) is 0 Å². The molecule has 0 aliphatic heterocycles. The van der Waals surface area contributed by atoms with Crippen molar-refractivity contribution in [3.63, 3.8) is 0 Å². The van der Waals surface area contributed by atoms with E-state index in [4.69, 9.17) is 0 Å². The van der Waals surface area contributed by atoms with Crippen LogP contribution in [-0.4, -0.2) is 0 Å². The molecular formula is C12H14. The zero-order valence-corrected chi connectivity index (χ0v) is 7.72. The lowest BCUT2D eigenvalue weighted by Crippen LogP contribution is -1.94. The van der Waals surface area contributed by atoms with E-state index in [9.17, 15) is 0 Å². The van der Waals surface area contributed by atoms with Crippen molar-refractivity contribution in [1.29, 1.82) is 0 Å². The molecule has 0 aromatic heterocycles. The SMILES string of the molecule is CCc1c(C)ccc2c1CC=C2. The van der Waals surface area contributed by atoms with E-state index in [0.29, 0.717) is 0 Å². The van der Waals surface area contributed by atoms with Crippen molar-refractivity contribution in [3.05, 3.63) is 40.5 Å². The fourth-order valence-electron chi connectivity index (χ4n) is 2.02. The molecule has 62 valence electrons. The van der Waals surface area contributed by atoms with Crippen molar-refractivity contribution in [2.45, 2.75) is 26.7 Å². The molecule has 0 radical (unpaired) electrons. The van der Waals surface area contributed by atoms with E-state index in [1.165, 1.54) is 11.1 Å². The van der Waals surface area contributed by atoms with Gasteiger partial charge in [-0.25, -0.2) is 0 Å². The maximum atomic E-state index is 2.25. The lowest BCUT2D eigenvalue weighted by atomic mass is 9.96. The van der Waals surface area contributed by atoms with Crippen molar-refractivity contribution in [2.75, 3.05) is 0 Å². The molecule has 0 atom stereocenters. The molecule has 0 unspecified atom stereocenters. The Labute approximate surface area is 73.9 Å². The molecule has 0 saturated carbocycles. The van der Waals surface area contributed by atoms with Gasteiger partial charge in [0.05, 0.1) is 0 Å². The molecule has 0 spiro atoms. The Bertz CT molecular complexity index is 332. The summed E-state index contributed by atoms with van der Waals surface area (Å²) in [7, 11) is 0. The van der Waals surface area contributed by atoms with Crippen LogP contribution >= 0.6 is 0 Å². The first-order valence-corrected chi connectivity index (χ1v) is 4.61. The van der Waals surface area contributed by atoms with E-state index in [0.717, 1.165) is 12.8 Å². The third kappa shape index (κ3) is 0.989. The number of hydrogen-bond acceptors (Lipinski definition) is 0. The van der Waals surface area contributed by atoms with E-state index in [-0.39, 0.29) is 0 Å². The van der Waals surface area contributed by atoms with Crippen LogP contribution in [0.1, 0.15) is 29.2 Å². The molecule has 1 aromatic carbocycles. The Hall–Kier alpha value is -1.04. The Morgan fingerprint density at radius 1 is 1.33 bits per heavy atom. The standard InChI is InChI=1S/C12H14/c1-3-11-9(2)7-8-10-5-4-6-12(10)11/h4-5,7-8H,3,6H2,1-2H3. The largest absolute Gasteiger partial charge is 0.0795 e. The van der Waals surface area contributed by atoms with Crippen LogP contribution in [-0.2, 0) is 12.8 Å². The van der Waals surface area contributed by atoms with Crippen molar-refractivity contribution in [3.8, 4) is 0 Å². The van der Waals surface area contributed by atoms with Crippen LogP contribution in [0.4, 0.5) is 0 Å². The van der Waals surface area contributed by atoms with Crippen molar-refractivity contribution in [1.82, 2.24) is 0 Å². The minimum Gasteiger partial charge on any atom is -0.0795 e. The van der Waals surface area contributed by atoms with Gasteiger partial charge in [0.2, 0.25) is 0 Å². The van der Waals surface area contributed by atoms with E-state index in [1.54, 1.807) is 11.1 Å². The minimum atomic E-state index is 1.14. The molecule has 0 heteroatoms. The van der Waals surface area contributed by atoms with Crippen LogP contribution in [0.3, 0.4) is 0 Å². The summed E-state index contributed by atoms with van der Waals surface area (Å²) in [6.45, 7) is 4.44. The second kappa shape index (κ2) is 2.78. The fraction of sp³-hybridized carbons (Fsp3) is 0.333. The summed E-state index contributed by atoms with van der Waals surface area (Å²) in [5, 5.41) is 0. The molecule has 2 rings (SSSR count). The average Bonchev–Trinajstić information content (AvgIpc) is 2.52. The van der Waals surface area contributed by atoms with E-state index in [1.807, 2.05) is 0 Å². The molecule has 0 bridgehead atoms. The molecule has 1 aromatic rings. The molecule has 0 nitrogen and oxygen atoms in total. The zero-order valence-electron chi connectivity index (χ0n) is 7.72. The Morgan fingerprint density at radius 3 is 2.92 bits per heavy atom. The second-order valence-electron chi connectivity index (χ2n) is 3.39. The third-order valence-electron chi connectivity index (χ3n) is 2.67. The van der Waals surface area contributed by atoms with Crippen molar-refractivity contribution in [2.24, 2.45) is 0 Å². The Kier molecular flexibility index (Phi) is 1.76.